The van der Waals surface area contributed by atoms with Gasteiger partial charge in [0.05, 0.1) is 10.4 Å². The Bertz CT molecular complexity index is 1350. The third-order valence-electron chi connectivity index (χ3n) is 4.88. The first-order valence-electron chi connectivity index (χ1n) is 9.29. The van der Waals surface area contributed by atoms with Crippen LogP contribution in [0.5, 0.6) is 0 Å². The molecule has 146 valence electrons. The van der Waals surface area contributed by atoms with Crippen LogP contribution < -0.4 is 16.8 Å². The van der Waals surface area contributed by atoms with E-state index in [1.165, 1.54) is 22.3 Å². The number of para-hydroxylation sites is 1. The summed E-state index contributed by atoms with van der Waals surface area (Å²) in [7, 11) is 0. The van der Waals surface area contributed by atoms with Crippen LogP contribution in [0.2, 0.25) is 0 Å². The molecule has 0 bridgehead atoms. The second-order valence-corrected chi connectivity index (χ2v) is 7.99. The van der Waals surface area contributed by atoms with E-state index in [9.17, 15) is 4.79 Å². The molecule has 0 saturated carbocycles. The number of rotatable bonds is 6. The Kier molecular flexibility index (Phi) is 4.42. The van der Waals surface area contributed by atoms with Crippen molar-refractivity contribution in [2.75, 3.05) is 11.9 Å². The van der Waals surface area contributed by atoms with Gasteiger partial charge in [-0.2, -0.15) is 0 Å². The third-order valence-corrected chi connectivity index (χ3v) is 5.89. The summed E-state index contributed by atoms with van der Waals surface area (Å²) in [4.78, 5) is 22.7. The van der Waals surface area contributed by atoms with E-state index in [-0.39, 0.29) is 6.04 Å². The standard InChI is InChI=1S/C21H19N5O2S/c22-14(7-13-9-23-16-4-2-1-3-15(13)16)10-24-20-25-11-19(29-20)12-5-6-17-18(8-12)28-21(27)26-17/h1-6,8-9,11,14,23H,7,10,22H2,(H,24,25)(H,26,27). The first kappa shape index (κ1) is 17.7. The van der Waals surface area contributed by atoms with Gasteiger partial charge < -0.3 is 20.5 Å². The van der Waals surface area contributed by atoms with Gasteiger partial charge in [-0.25, -0.2) is 9.78 Å². The highest BCUT2D eigenvalue weighted by molar-refractivity contribution is 7.18. The lowest BCUT2D eigenvalue weighted by Gasteiger charge is -2.11. The van der Waals surface area contributed by atoms with Crippen LogP contribution in [-0.4, -0.2) is 27.5 Å². The minimum Gasteiger partial charge on any atom is -0.408 e. The summed E-state index contributed by atoms with van der Waals surface area (Å²) in [6, 6.07) is 13.8. The molecule has 5 rings (SSSR count). The average Bonchev–Trinajstić information content (AvgIpc) is 3.44. The number of fused-ring (bicyclic) bond motifs is 2. The van der Waals surface area contributed by atoms with E-state index in [1.54, 1.807) is 0 Å². The molecule has 5 aromatic rings. The molecule has 29 heavy (non-hydrogen) atoms. The zero-order chi connectivity index (χ0) is 19.8. The highest BCUT2D eigenvalue weighted by Crippen LogP contribution is 2.30. The van der Waals surface area contributed by atoms with Gasteiger partial charge in [0.15, 0.2) is 10.7 Å². The zero-order valence-electron chi connectivity index (χ0n) is 15.4. The maximum Gasteiger partial charge on any atom is 0.417 e. The second kappa shape index (κ2) is 7.23. The average molecular weight is 405 g/mol. The number of aromatic amines is 2. The fraction of sp³-hybridized carbons (Fsp3) is 0.143. The largest absolute Gasteiger partial charge is 0.417 e. The highest BCUT2D eigenvalue weighted by atomic mass is 32.1. The van der Waals surface area contributed by atoms with Crippen molar-refractivity contribution in [3.63, 3.8) is 0 Å². The number of H-pyrrole nitrogens is 2. The normalized spacial score (nSPS) is 12.6. The van der Waals surface area contributed by atoms with Gasteiger partial charge in [0.2, 0.25) is 0 Å². The predicted molar refractivity (Wildman–Crippen MR) is 116 cm³/mol. The van der Waals surface area contributed by atoms with E-state index in [1.807, 2.05) is 42.7 Å². The molecule has 5 N–H and O–H groups in total. The lowest BCUT2D eigenvalue weighted by molar-refractivity contribution is 0.555. The van der Waals surface area contributed by atoms with Gasteiger partial charge in [-0.15, -0.1) is 0 Å². The zero-order valence-corrected chi connectivity index (χ0v) is 16.3. The SMILES string of the molecule is NC(CNc1ncc(-c2ccc3[nH]c(=O)oc3c2)s1)Cc1c[nH]c2ccccc12. The smallest absolute Gasteiger partial charge is 0.408 e. The molecule has 2 aromatic carbocycles. The van der Waals surface area contributed by atoms with Gasteiger partial charge in [-0.05, 0) is 35.7 Å². The summed E-state index contributed by atoms with van der Waals surface area (Å²) in [6.45, 7) is 0.623. The minimum atomic E-state index is -0.451. The summed E-state index contributed by atoms with van der Waals surface area (Å²) in [5.74, 6) is -0.451. The van der Waals surface area contributed by atoms with E-state index in [0.29, 0.717) is 17.6 Å². The molecule has 0 aliphatic heterocycles. The van der Waals surface area contributed by atoms with Gasteiger partial charge in [0.25, 0.3) is 0 Å². The molecular weight excluding hydrogens is 386 g/mol. The fourth-order valence-electron chi connectivity index (χ4n) is 3.46. The van der Waals surface area contributed by atoms with Gasteiger partial charge in [-0.1, -0.05) is 35.6 Å². The molecule has 0 fully saturated rings. The van der Waals surface area contributed by atoms with E-state index < -0.39 is 5.76 Å². The van der Waals surface area contributed by atoms with Crippen molar-refractivity contribution in [1.82, 2.24) is 15.0 Å². The number of anilines is 1. The summed E-state index contributed by atoms with van der Waals surface area (Å²) < 4.78 is 5.13. The van der Waals surface area contributed by atoms with Crippen LogP contribution in [0.4, 0.5) is 5.13 Å². The molecular formula is C21H19N5O2S. The van der Waals surface area contributed by atoms with Crippen molar-refractivity contribution in [1.29, 1.82) is 0 Å². The summed E-state index contributed by atoms with van der Waals surface area (Å²) >= 11 is 1.54. The van der Waals surface area contributed by atoms with Crippen LogP contribution in [0.15, 0.2) is 64.1 Å². The Morgan fingerprint density at radius 3 is 3.03 bits per heavy atom. The first-order chi connectivity index (χ1) is 14.2. The van der Waals surface area contributed by atoms with E-state index in [2.05, 4.69) is 32.4 Å². The summed E-state index contributed by atoms with van der Waals surface area (Å²) in [5, 5.41) is 5.35. The molecule has 0 saturated heterocycles. The van der Waals surface area contributed by atoms with Crippen LogP contribution in [0.25, 0.3) is 32.4 Å². The monoisotopic (exact) mass is 405 g/mol. The van der Waals surface area contributed by atoms with E-state index in [0.717, 1.165) is 27.5 Å². The lowest BCUT2D eigenvalue weighted by Crippen LogP contribution is -2.31. The van der Waals surface area contributed by atoms with Crippen LogP contribution in [0.1, 0.15) is 5.56 Å². The molecule has 8 heteroatoms. The Morgan fingerprint density at radius 2 is 2.10 bits per heavy atom. The van der Waals surface area contributed by atoms with Crippen molar-refractivity contribution in [3.8, 4) is 10.4 Å². The van der Waals surface area contributed by atoms with Crippen molar-refractivity contribution in [2.45, 2.75) is 12.5 Å². The van der Waals surface area contributed by atoms with Gasteiger partial charge in [-0.3, -0.25) is 4.98 Å². The number of nitrogens with one attached hydrogen (secondary N) is 3. The Labute approximate surface area is 169 Å². The number of aromatic nitrogens is 3. The number of benzene rings is 2. The van der Waals surface area contributed by atoms with E-state index >= 15 is 0 Å². The van der Waals surface area contributed by atoms with Crippen molar-refractivity contribution in [3.05, 3.63) is 71.0 Å². The molecule has 1 atom stereocenters. The van der Waals surface area contributed by atoms with E-state index in [4.69, 9.17) is 10.2 Å². The number of thiazole rings is 1. The number of oxazole rings is 1. The van der Waals surface area contributed by atoms with Gasteiger partial charge in [0, 0.05) is 35.9 Å². The molecule has 3 aromatic heterocycles. The number of hydrogen-bond acceptors (Lipinski definition) is 6. The van der Waals surface area contributed by atoms with Crippen molar-refractivity contribution >= 4 is 38.5 Å². The molecule has 7 nitrogen and oxygen atoms in total. The Balaban J connectivity index is 1.25. The molecule has 0 aliphatic carbocycles. The Morgan fingerprint density at radius 1 is 1.21 bits per heavy atom. The predicted octanol–water partition coefficient (Wildman–Crippen LogP) is 3.71. The molecule has 3 heterocycles. The first-order valence-corrected chi connectivity index (χ1v) is 10.1. The molecule has 0 radical (unpaired) electrons. The molecule has 0 amide bonds. The highest BCUT2D eigenvalue weighted by Gasteiger charge is 2.11. The van der Waals surface area contributed by atoms with Crippen molar-refractivity contribution in [2.24, 2.45) is 5.73 Å². The maximum absolute atomic E-state index is 11.3. The summed E-state index contributed by atoms with van der Waals surface area (Å²) in [5.41, 5.74) is 10.9. The van der Waals surface area contributed by atoms with Crippen molar-refractivity contribution < 1.29 is 4.42 Å². The number of hydrogen-bond donors (Lipinski definition) is 4. The molecule has 0 spiro atoms. The summed E-state index contributed by atoms with van der Waals surface area (Å²) in [6.07, 6.45) is 4.62. The third kappa shape index (κ3) is 3.55. The molecule has 0 aliphatic rings. The Hall–Kier alpha value is -3.36. The maximum atomic E-state index is 11.3. The molecule has 1 unspecified atom stereocenters. The lowest BCUT2D eigenvalue weighted by atomic mass is 10.1. The fourth-order valence-corrected chi connectivity index (χ4v) is 4.28. The minimum absolute atomic E-state index is 0.0352. The van der Waals surface area contributed by atoms with Crippen LogP contribution in [-0.2, 0) is 6.42 Å². The van der Waals surface area contributed by atoms with Crippen LogP contribution in [0.3, 0.4) is 0 Å². The number of nitrogens with zero attached hydrogens (tertiary/aromatic N) is 1. The van der Waals surface area contributed by atoms with Gasteiger partial charge >= 0.3 is 5.76 Å². The second-order valence-electron chi connectivity index (χ2n) is 6.96. The van der Waals surface area contributed by atoms with Crippen LogP contribution >= 0.6 is 11.3 Å². The van der Waals surface area contributed by atoms with Gasteiger partial charge in [0.1, 0.15) is 0 Å². The topological polar surface area (TPSA) is 113 Å². The quantitative estimate of drug-likeness (QED) is 0.344. The van der Waals surface area contributed by atoms with Crippen LogP contribution in [0, 0.1) is 0 Å². The number of nitrogens with two attached hydrogens (primary N) is 1.